The highest BCUT2D eigenvalue weighted by atomic mass is 16.5. The topological polar surface area (TPSA) is 75.7 Å². The maximum atomic E-state index is 14.3. The Bertz CT molecular complexity index is 1670. The average molecular weight is 557 g/mol. The number of rotatable bonds is 5. The number of nitrogens with zero attached hydrogens (tertiary/aromatic N) is 1. The first-order valence-electron chi connectivity index (χ1n) is 14.2. The average Bonchev–Trinajstić information content (AvgIpc) is 3.16. The monoisotopic (exact) mass is 556 g/mol. The third kappa shape index (κ3) is 5.23. The zero-order valence-electron chi connectivity index (χ0n) is 23.7. The Morgan fingerprint density at radius 3 is 2.21 bits per heavy atom. The van der Waals surface area contributed by atoms with Gasteiger partial charge in [0, 0.05) is 17.7 Å². The van der Waals surface area contributed by atoms with Gasteiger partial charge in [-0.2, -0.15) is 0 Å². The Kier molecular flexibility index (Phi) is 7.44. The van der Waals surface area contributed by atoms with Crippen LogP contribution in [0.4, 0.5) is 11.4 Å². The van der Waals surface area contributed by atoms with Crippen LogP contribution in [-0.2, 0) is 20.7 Å². The van der Waals surface area contributed by atoms with Crippen LogP contribution in [0.15, 0.2) is 114 Å². The van der Waals surface area contributed by atoms with Gasteiger partial charge >= 0.3 is 5.97 Å². The molecule has 1 N–H and O–H groups in total. The second-order valence-electron chi connectivity index (χ2n) is 10.9. The highest BCUT2D eigenvalue weighted by Crippen LogP contribution is 2.47. The zero-order valence-corrected chi connectivity index (χ0v) is 23.7. The molecule has 0 radical (unpaired) electrons. The number of esters is 1. The number of ketones is 1. The second-order valence-corrected chi connectivity index (χ2v) is 10.9. The Hall–Kier alpha value is -4.97. The molecule has 1 amide bonds. The third-order valence-electron chi connectivity index (χ3n) is 8.15. The molecule has 0 aromatic heterocycles. The second kappa shape index (κ2) is 11.5. The van der Waals surface area contributed by atoms with Gasteiger partial charge in [-0.15, -0.1) is 0 Å². The fraction of sp³-hybridized carbons (Fsp3) is 0.194. The molecular formula is C36H32N2O4. The first-order valence-corrected chi connectivity index (χ1v) is 14.2. The summed E-state index contributed by atoms with van der Waals surface area (Å²) in [6.07, 6.45) is 1.15. The van der Waals surface area contributed by atoms with Crippen LogP contribution in [0, 0.1) is 6.92 Å². The van der Waals surface area contributed by atoms with E-state index < -0.39 is 12.0 Å². The van der Waals surface area contributed by atoms with Gasteiger partial charge in [0.1, 0.15) is 0 Å². The normalized spacial score (nSPS) is 18.0. The van der Waals surface area contributed by atoms with E-state index in [0.717, 1.165) is 28.1 Å². The number of hydrogen-bond acceptors (Lipinski definition) is 5. The lowest BCUT2D eigenvalue weighted by molar-refractivity contribution is -0.118. The number of nitrogens with one attached hydrogen (secondary N) is 1. The molecule has 6 heteroatoms. The van der Waals surface area contributed by atoms with E-state index in [-0.39, 0.29) is 24.0 Å². The van der Waals surface area contributed by atoms with Crippen molar-refractivity contribution in [2.24, 2.45) is 0 Å². The summed E-state index contributed by atoms with van der Waals surface area (Å²) in [6, 6.07) is 32.0. The quantitative estimate of drug-likeness (QED) is 0.270. The van der Waals surface area contributed by atoms with Crippen molar-refractivity contribution in [3.8, 4) is 0 Å². The molecule has 0 saturated carbocycles. The van der Waals surface area contributed by atoms with E-state index in [4.69, 9.17) is 4.74 Å². The lowest BCUT2D eigenvalue weighted by Crippen LogP contribution is -2.39. The van der Waals surface area contributed by atoms with Gasteiger partial charge in [-0.25, -0.2) is 4.79 Å². The van der Waals surface area contributed by atoms with Crippen molar-refractivity contribution in [3.05, 3.63) is 142 Å². The summed E-state index contributed by atoms with van der Waals surface area (Å²) < 4.78 is 4.90. The molecule has 4 aromatic rings. The molecule has 6 rings (SSSR count). The van der Waals surface area contributed by atoms with Crippen molar-refractivity contribution in [2.75, 3.05) is 17.3 Å². The Morgan fingerprint density at radius 1 is 0.833 bits per heavy atom. The van der Waals surface area contributed by atoms with Gasteiger partial charge in [0.15, 0.2) is 5.78 Å². The summed E-state index contributed by atoms with van der Waals surface area (Å²) in [5.41, 5.74) is 7.22. The highest BCUT2D eigenvalue weighted by Gasteiger charge is 2.41. The molecule has 0 bridgehead atoms. The lowest BCUT2D eigenvalue weighted by atomic mass is 9.78. The number of carbonyl (C=O) groups is 3. The summed E-state index contributed by atoms with van der Waals surface area (Å²) in [5, 5.41) is 3.58. The van der Waals surface area contributed by atoms with E-state index in [1.165, 1.54) is 12.7 Å². The predicted molar refractivity (Wildman–Crippen MR) is 163 cm³/mol. The van der Waals surface area contributed by atoms with Crippen molar-refractivity contribution >= 4 is 29.0 Å². The molecule has 210 valence electrons. The molecule has 4 aromatic carbocycles. The van der Waals surface area contributed by atoms with E-state index in [0.29, 0.717) is 29.7 Å². The summed E-state index contributed by atoms with van der Waals surface area (Å²) in [7, 11) is 1.34. The van der Waals surface area contributed by atoms with E-state index in [1.54, 1.807) is 17.0 Å². The van der Waals surface area contributed by atoms with Crippen LogP contribution in [-0.4, -0.2) is 24.8 Å². The first kappa shape index (κ1) is 27.2. The first-order chi connectivity index (χ1) is 20.4. The van der Waals surface area contributed by atoms with Crippen molar-refractivity contribution in [2.45, 2.75) is 38.1 Å². The van der Waals surface area contributed by atoms with E-state index in [2.05, 4.69) is 36.5 Å². The van der Waals surface area contributed by atoms with Crippen molar-refractivity contribution < 1.29 is 19.1 Å². The molecule has 6 nitrogen and oxygen atoms in total. The number of para-hydroxylation sites is 2. The molecule has 2 aliphatic rings. The summed E-state index contributed by atoms with van der Waals surface area (Å²) >= 11 is 0. The number of anilines is 2. The van der Waals surface area contributed by atoms with E-state index in [9.17, 15) is 14.4 Å². The number of methoxy groups -OCH3 is 1. The van der Waals surface area contributed by atoms with Gasteiger partial charge in [0.25, 0.3) is 0 Å². The number of amides is 1. The number of ether oxygens (including phenoxy) is 1. The van der Waals surface area contributed by atoms with Crippen LogP contribution in [0.1, 0.15) is 57.4 Å². The van der Waals surface area contributed by atoms with Crippen molar-refractivity contribution in [3.63, 3.8) is 0 Å². The van der Waals surface area contributed by atoms with Crippen molar-refractivity contribution in [1.82, 2.24) is 0 Å². The SMILES string of the molecule is COC(=O)c1ccc([C@@H]2C3=C(C[C@@H](c4ccc(C)cc4)CC3=O)Nc3ccccc3N2C(=O)Cc2ccccc2)cc1. The smallest absolute Gasteiger partial charge is 0.337 e. The number of fused-ring (bicyclic) bond motifs is 1. The number of allylic oxidation sites excluding steroid dienone is 1. The maximum absolute atomic E-state index is 14.3. The molecule has 0 fully saturated rings. The van der Waals surface area contributed by atoms with Gasteiger partial charge < -0.3 is 10.1 Å². The number of aryl methyl sites for hydroxylation is 1. The largest absolute Gasteiger partial charge is 0.465 e. The molecule has 0 spiro atoms. The zero-order chi connectivity index (χ0) is 29.2. The Labute approximate surface area is 245 Å². The predicted octanol–water partition coefficient (Wildman–Crippen LogP) is 6.92. The molecule has 0 saturated heterocycles. The van der Waals surface area contributed by atoms with Crippen LogP contribution in [0.25, 0.3) is 0 Å². The minimum atomic E-state index is -0.675. The highest BCUT2D eigenvalue weighted by molar-refractivity contribution is 6.07. The Balaban J connectivity index is 1.51. The summed E-state index contributed by atoms with van der Waals surface area (Å²) in [6.45, 7) is 2.05. The molecule has 1 aliphatic carbocycles. The van der Waals surface area contributed by atoms with Gasteiger partial charge in [0.05, 0.1) is 36.5 Å². The number of carbonyl (C=O) groups excluding carboxylic acids is 3. The molecule has 1 heterocycles. The van der Waals surface area contributed by atoms with Crippen LogP contribution in [0.3, 0.4) is 0 Å². The fourth-order valence-corrected chi connectivity index (χ4v) is 6.03. The van der Waals surface area contributed by atoms with Crippen LogP contribution in [0.5, 0.6) is 0 Å². The molecule has 42 heavy (non-hydrogen) atoms. The number of hydrogen-bond donors (Lipinski definition) is 1. The summed E-state index contributed by atoms with van der Waals surface area (Å²) in [4.78, 5) is 42.4. The van der Waals surface area contributed by atoms with E-state index in [1.807, 2.05) is 66.7 Å². The standard InChI is InChI=1S/C36H32N2O4/c1-23-12-14-25(15-13-23)28-21-30-34(32(39)22-28)35(26-16-18-27(19-17-26)36(41)42-2)38(31-11-7-6-10-29(31)37-30)33(40)20-24-8-4-3-5-9-24/h3-19,28,35,37H,20-22H2,1-2H3/t28-,35-/m1/s1. The van der Waals surface area contributed by atoms with Crippen LogP contribution >= 0.6 is 0 Å². The van der Waals surface area contributed by atoms with Crippen LogP contribution in [0.2, 0.25) is 0 Å². The minimum Gasteiger partial charge on any atom is -0.465 e. The lowest BCUT2D eigenvalue weighted by Gasteiger charge is -2.35. The molecular weight excluding hydrogens is 524 g/mol. The van der Waals surface area contributed by atoms with Crippen molar-refractivity contribution in [1.29, 1.82) is 0 Å². The van der Waals surface area contributed by atoms with Crippen LogP contribution < -0.4 is 10.2 Å². The maximum Gasteiger partial charge on any atom is 0.337 e. The Morgan fingerprint density at radius 2 is 1.50 bits per heavy atom. The molecule has 2 atom stereocenters. The number of Topliss-reactive ketones (excluding diaryl/α,β-unsaturated/α-hetero) is 1. The van der Waals surface area contributed by atoms with Gasteiger partial charge in [-0.05, 0) is 60.2 Å². The minimum absolute atomic E-state index is 0.00156. The van der Waals surface area contributed by atoms with E-state index >= 15 is 0 Å². The number of benzene rings is 4. The molecule has 1 aliphatic heterocycles. The summed E-state index contributed by atoms with van der Waals surface area (Å²) in [5.74, 6) is -0.548. The van der Waals surface area contributed by atoms with Gasteiger partial charge in [0.2, 0.25) is 5.91 Å². The fourth-order valence-electron chi connectivity index (χ4n) is 6.03. The third-order valence-corrected chi connectivity index (χ3v) is 8.15. The van der Waals surface area contributed by atoms with Gasteiger partial charge in [-0.3, -0.25) is 14.5 Å². The molecule has 0 unspecified atom stereocenters. The van der Waals surface area contributed by atoms with Gasteiger partial charge in [-0.1, -0.05) is 84.4 Å².